The Morgan fingerprint density at radius 3 is 2.73 bits per heavy atom. The molecule has 158 valence electrons. The van der Waals surface area contributed by atoms with Gasteiger partial charge in [-0.25, -0.2) is 4.79 Å². The van der Waals surface area contributed by atoms with Crippen LogP contribution in [0.3, 0.4) is 0 Å². The summed E-state index contributed by atoms with van der Waals surface area (Å²) >= 11 is 6.32. The second-order valence-electron chi connectivity index (χ2n) is 6.99. The minimum atomic E-state index is -0.810. The molecule has 1 aromatic heterocycles. The molecule has 7 heteroatoms. The lowest BCUT2D eigenvalue weighted by Crippen LogP contribution is -2.32. The summed E-state index contributed by atoms with van der Waals surface area (Å²) in [7, 11) is 0. The van der Waals surface area contributed by atoms with Crippen molar-refractivity contribution in [2.45, 2.75) is 32.3 Å². The number of carbonyl (C=O) groups excluding carboxylic acids is 1. The Hall–Kier alpha value is -2.83. The average Bonchev–Trinajstić information content (AvgIpc) is 2.75. The van der Waals surface area contributed by atoms with Crippen molar-refractivity contribution in [2.24, 2.45) is 0 Å². The number of halogens is 1. The van der Waals surface area contributed by atoms with Crippen molar-refractivity contribution in [1.82, 2.24) is 5.32 Å². The smallest absolute Gasteiger partial charge is 0.336 e. The first-order chi connectivity index (χ1) is 14.5. The summed E-state index contributed by atoms with van der Waals surface area (Å²) in [5, 5.41) is 13.8. The van der Waals surface area contributed by atoms with Crippen molar-refractivity contribution >= 4 is 28.5 Å². The van der Waals surface area contributed by atoms with Crippen molar-refractivity contribution in [3.8, 4) is 5.75 Å². The van der Waals surface area contributed by atoms with Crippen LogP contribution in [0.4, 0.5) is 0 Å². The van der Waals surface area contributed by atoms with Crippen molar-refractivity contribution in [3.63, 3.8) is 0 Å². The Morgan fingerprint density at radius 1 is 1.23 bits per heavy atom. The van der Waals surface area contributed by atoms with Crippen LogP contribution in [0.5, 0.6) is 5.75 Å². The summed E-state index contributed by atoms with van der Waals surface area (Å²) < 4.78 is 10.8. The Morgan fingerprint density at radius 2 is 2.00 bits per heavy atom. The van der Waals surface area contributed by atoms with Gasteiger partial charge in [-0.15, -0.1) is 0 Å². The third-order valence-corrected chi connectivity index (χ3v) is 5.01. The SMILES string of the molecule is CCCCc1cc(=O)oc2cc(OCC(=O)NC[C@@H](O)c3ccccc3)c(Cl)cc12. The second-order valence-corrected chi connectivity index (χ2v) is 7.40. The maximum Gasteiger partial charge on any atom is 0.336 e. The number of aliphatic hydroxyl groups excluding tert-OH is 1. The van der Waals surface area contributed by atoms with Gasteiger partial charge in [0, 0.05) is 24.1 Å². The summed E-state index contributed by atoms with van der Waals surface area (Å²) in [6.45, 7) is 1.86. The lowest BCUT2D eigenvalue weighted by molar-refractivity contribution is -0.123. The molecule has 0 aliphatic rings. The van der Waals surface area contributed by atoms with Gasteiger partial charge in [-0.05, 0) is 30.0 Å². The average molecular weight is 430 g/mol. The van der Waals surface area contributed by atoms with Crippen molar-refractivity contribution in [2.75, 3.05) is 13.2 Å². The summed E-state index contributed by atoms with van der Waals surface area (Å²) in [6.07, 6.45) is 1.89. The van der Waals surface area contributed by atoms with E-state index in [-0.39, 0.29) is 18.9 Å². The quantitative estimate of drug-likeness (QED) is 0.501. The number of hydrogen-bond acceptors (Lipinski definition) is 5. The van der Waals surface area contributed by atoms with Crippen LogP contribution in [0, 0.1) is 0 Å². The highest BCUT2D eigenvalue weighted by Gasteiger charge is 2.13. The van der Waals surface area contributed by atoms with E-state index >= 15 is 0 Å². The molecule has 30 heavy (non-hydrogen) atoms. The minimum Gasteiger partial charge on any atom is -0.482 e. The van der Waals surface area contributed by atoms with E-state index in [0.29, 0.717) is 16.2 Å². The topological polar surface area (TPSA) is 88.8 Å². The Balaban J connectivity index is 1.64. The molecule has 0 fully saturated rings. The van der Waals surface area contributed by atoms with Gasteiger partial charge in [0.2, 0.25) is 0 Å². The Kier molecular flexibility index (Phi) is 7.49. The molecule has 3 aromatic rings. The fraction of sp³-hybridized carbons (Fsp3) is 0.304. The van der Waals surface area contributed by atoms with Crippen LogP contribution in [-0.4, -0.2) is 24.2 Å². The van der Waals surface area contributed by atoms with Crippen LogP contribution in [0.15, 0.2) is 57.7 Å². The number of aryl methyl sites for hydroxylation is 1. The Bertz CT molecular complexity index is 1060. The normalized spacial score (nSPS) is 12.0. The number of carbonyl (C=O) groups is 1. The van der Waals surface area contributed by atoms with Crippen LogP contribution in [0.1, 0.15) is 37.0 Å². The highest BCUT2D eigenvalue weighted by molar-refractivity contribution is 6.32. The molecule has 2 aromatic carbocycles. The van der Waals surface area contributed by atoms with Crippen molar-refractivity contribution in [3.05, 3.63) is 75.1 Å². The molecule has 0 aliphatic heterocycles. The van der Waals surface area contributed by atoms with E-state index in [0.717, 1.165) is 30.2 Å². The fourth-order valence-corrected chi connectivity index (χ4v) is 3.33. The van der Waals surface area contributed by atoms with E-state index in [1.54, 1.807) is 18.2 Å². The van der Waals surface area contributed by atoms with E-state index in [2.05, 4.69) is 12.2 Å². The van der Waals surface area contributed by atoms with Gasteiger partial charge in [-0.2, -0.15) is 0 Å². The molecule has 0 saturated heterocycles. The molecular weight excluding hydrogens is 406 g/mol. The van der Waals surface area contributed by atoms with Gasteiger partial charge in [-0.3, -0.25) is 4.79 Å². The zero-order chi connectivity index (χ0) is 21.5. The number of fused-ring (bicyclic) bond motifs is 1. The maximum atomic E-state index is 12.1. The Labute approximate surface area is 179 Å². The predicted octanol–water partition coefficient (Wildman–Crippen LogP) is 4.02. The van der Waals surface area contributed by atoms with Crippen LogP contribution in [-0.2, 0) is 11.2 Å². The number of hydrogen-bond donors (Lipinski definition) is 2. The number of rotatable bonds is 9. The standard InChI is InChI=1S/C23H24ClNO5/c1-2-3-7-16-10-23(28)30-20-12-21(18(24)11-17(16)20)29-14-22(27)25-13-19(26)15-8-5-4-6-9-15/h4-6,8-12,19,26H,2-3,7,13-14H2,1H3,(H,25,27)/t19-/m1/s1. The van der Waals surface area contributed by atoms with Crippen LogP contribution in [0.2, 0.25) is 5.02 Å². The van der Waals surface area contributed by atoms with Gasteiger partial charge < -0.3 is 19.6 Å². The monoisotopic (exact) mass is 429 g/mol. The van der Waals surface area contributed by atoms with E-state index in [1.165, 1.54) is 12.1 Å². The molecule has 0 unspecified atom stereocenters. The van der Waals surface area contributed by atoms with Crippen LogP contribution < -0.4 is 15.7 Å². The predicted molar refractivity (Wildman–Crippen MR) is 116 cm³/mol. The molecule has 2 N–H and O–H groups in total. The van der Waals surface area contributed by atoms with E-state index < -0.39 is 17.6 Å². The van der Waals surface area contributed by atoms with E-state index in [1.807, 2.05) is 18.2 Å². The molecule has 0 bridgehead atoms. The molecule has 3 rings (SSSR count). The number of benzene rings is 2. The third-order valence-electron chi connectivity index (χ3n) is 4.72. The van der Waals surface area contributed by atoms with Gasteiger partial charge in [0.05, 0.1) is 11.1 Å². The molecule has 0 aliphatic carbocycles. The number of amides is 1. The van der Waals surface area contributed by atoms with Gasteiger partial charge in [0.1, 0.15) is 11.3 Å². The number of ether oxygens (including phenoxy) is 1. The first-order valence-corrected chi connectivity index (χ1v) is 10.2. The zero-order valence-electron chi connectivity index (χ0n) is 16.7. The molecular formula is C23H24ClNO5. The summed E-state index contributed by atoms with van der Waals surface area (Å²) in [5.41, 5.74) is 1.52. The summed E-state index contributed by atoms with van der Waals surface area (Å²) in [4.78, 5) is 24.0. The summed E-state index contributed by atoms with van der Waals surface area (Å²) in [6, 6.07) is 13.8. The molecule has 0 spiro atoms. The van der Waals surface area contributed by atoms with E-state index in [9.17, 15) is 14.7 Å². The van der Waals surface area contributed by atoms with Gasteiger partial charge in [-0.1, -0.05) is 55.3 Å². The minimum absolute atomic E-state index is 0.0628. The van der Waals surface area contributed by atoms with Crippen molar-refractivity contribution < 1.29 is 19.1 Å². The molecule has 1 heterocycles. The number of nitrogens with one attached hydrogen (secondary N) is 1. The fourth-order valence-electron chi connectivity index (χ4n) is 3.11. The largest absolute Gasteiger partial charge is 0.482 e. The zero-order valence-corrected chi connectivity index (χ0v) is 17.4. The molecule has 0 saturated carbocycles. The van der Waals surface area contributed by atoms with Gasteiger partial charge >= 0.3 is 5.63 Å². The molecule has 0 radical (unpaired) electrons. The lowest BCUT2D eigenvalue weighted by atomic mass is 10.0. The van der Waals surface area contributed by atoms with Crippen LogP contribution >= 0.6 is 11.6 Å². The first kappa shape index (κ1) is 21.9. The first-order valence-electron chi connectivity index (χ1n) is 9.86. The summed E-state index contributed by atoms with van der Waals surface area (Å²) in [5.74, 6) is -0.155. The number of unbranched alkanes of at least 4 members (excludes halogenated alkanes) is 1. The highest BCUT2D eigenvalue weighted by Crippen LogP contribution is 2.31. The third kappa shape index (κ3) is 5.62. The molecule has 1 atom stereocenters. The second kappa shape index (κ2) is 10.3. The highest BCUT2D eigenvalue weighted by atomic mass is 35.5. The van der Waals surface area contributed by atoms with Crippen molar-refractivity contribution in [1.29, 1.82) is 0 Å². The lowest BCUT2D eigenvalue weighted by Gasteiger charge is -2.13. The van der Waals surface area contributed by atoms with Gasteiger partial charge in [0.25, 0.3) is 5.91 Å². The van der Waals surface area contributed by atoms with Gasteiger partial charge in [0.15, 0.2) is 6.61 Å². The molecule has 6 nitrogen and oxygen atoms in total. The maximum absolute atomic E-state index is 12.1. The molecule has 1 amide bonds. The van der Waals surface area contributed by atoms with E-state index in [4.69, 9.17) is 20.8 Å². The number of aliphatic hydroxyl groups is 1. The van der Waals surface area contributed by atoms with Crippen LogP contribution in [0.25, 0.3) is 11.0 Å².